The van der Waals surface area contributed by atoms with Crippen LogP contribution in [0, 0.1) is 5.92 Å². The van der Waals surface area contributed by atoms with Gasteiger partial charge in [0.2, 0.25) is 0 Å². The van der Waals surface area contributed by atoms with Gasteiger partial charge in [0.25, 0.3) is 0 Å². The number of nitrogens with one attached hydrogen (secondary N) is 1. The molecule has 15 heavy (non-hydrogen) atoms. The van der Waals surface area contributed by atoms with E-state index in [1.165, 1.54) is 19.3 Å². The highest BCUT2D eigenvalue weighted by Crippen LogP contribution is 2.43. The van der Waals surface area contributed by atoms with Crippen LogP contribution in [0.1, 0.15) is 32.1 Å². The standard InChI is InChI=1S/C12H21NO2/c1-4-12(5-8-14-7-1)11(10-2-3-10)13-6-9-15-12/h10-11,13H,1-9H2. The molecule has 1 N–H and O–H groups in total. The largest absolute Gasteiger partial charge is 0.381 e. The van der Waals surface area contributed by atoms with Crippen molar-refractivity contribution in [3.63, 3.8) is 0 Å². The molecular weight excluding hydrogens is 190 g/mol. The zero-order valence-electron chi connectivity index (χ0n) is 9.34. The van der Waals surface area contributed by atoms with Crippen molar-refractivity contribution < 1.29 is 9.47 Å². The van der Waals surface area contributed by atoms with E-state index in [0.717, 1.165) is 45.1 Å². The molecule has 0 aromatic carbocycles. The summed E-state index contributed by atoms with van der Waals surface area (Å²) in [5.74, 6) is 0.878. The molecule has 1 aliphatic carbocycles. The van der Waals surface area contributed by atoms with Gasteiger partial charge in [-0.2, -0.15) is 0 Å². The SMILES string of the molecule is C1COCCC2(C1)OCCNC2C1CC1. The van der Waals surface area contributed by atoms with Crippen molar-refractivity contribution in [3.8, 4) is 0 Å². The van der Waals surface area contributed by atoms with Crippen LogP contribution in [0.25, 0.3) is 0 Å². The van der Waals surface area contributed by atoms with Crippen LogP contribution in [0.3, 0.4) is 0 Å². The molecule has 2 aliphatic heterocycles. The summed E-state index contributed by atoms with van der Waals surface area (Å²) in [6, 6.07) is 0.605. The molecule has 1 saturated carbocycles. The molecule has 2 unspecified atom stereocenters. The van der Waals surface area contributed by atoms with Gasteiger partial charge >= 0.3 is 0 Å². The molecule has 3 heteroatoms. The number of ether oxygens (including phenoxy) is 2. The van der Waals surface area contributed by atoms with Crippen molar-refractivity contribution in [1.29, 1.82) is 0 Å². The predicted molar refractivity (Wildman–Crippen MR) is 57.9 cm³/mol. The Morgan fingerprint density at radius 2 is 2.00 bits per heavy atom. The van der Waals surface area contributed by atoms with Gasteiger partial charge < -0.3 is 14.8 Å². The van der Waals surface area contributed by atoms with E-state index in [2.05, 4.69) is 5.32 Å². The van der Waals surface area contributed by atoms with E-state index >= 15 is 0 Å². The maximum Gasteiger partial charge on any atom is 0.0860 e. The number of morpholine rings is 1. The van der Waals surface area contributed by atoms with Gasteiger partial charge in [0, 0.05) is 32.2 Å². The molecule has 2 heterocycles. The molecule has 0 radical (unpaired) electrons. The molecule has 0 aromatic rings. The summed E-state index contributed by atoms with van der Waals surface area (Å²) in [6.45, 7) is 3.71. The molecule has 0 aromatic heterocycles. The van der Waals surface area contributed by atoms with Crippen molar-refractivity contribution in [2.75, 3.05) is 26.4 Å². The zero-order chi connectivity index (χ0) is 10.1. The fourth-order valence-corrected chi connectivity index (χ4v) is 3.17. The van der Waals surface area contributed by atoms with Crippen molar-refractivity contribution in [2.45, 2.75) is 43.7 Å². The highest BCUT2D eigenvalue weighted by molar-refractivity contribution is 5.03. The summed E-state index contributed by atoms with van der Waals surface area (Å²) in [4.78, 5) is 0. The van der Waals surface area contributed by atoms with Crippen LogP contribution in [0.15, 0.2) is 0 Å². The van der Waals surface area contributed by atoms with Gasteiger partial charge in [-0.3, -0.25) is 0 Å². The first-order valence-electron chi connectivity index (χ1n) is 6.36. The Kier molecular flexibility index (Phi) is 2.71. The van der Waals surface area contributed by atoms with Crippen LogP contribution >= 0.6 is 0 Å². The van der Waals surface area contributed by atoms with Crippen LogP contribution in [0.4, 0.5) is 0 Å². The van der Waals surface area contributed by atoms with E-state index in [1.807, 2.05) is 0 Å². The van der Waals surface area contributed by atoms with Crippen LogP contribution in [-0.4, -0.2) is 38.0 Å². The first-order chi connectivity index (χ1) is 7.41. The third kappa shape index (κ3) is 1.93. The molecule has 3 nitrogen and oxygen atoms in total. The Bertz CT molecular complexity index is 220. The monoisotopic (exact) mass is 211 g/mol. The summed E-state index contributed by atoms with van der Waals surface area (Å²) < 4.78 is 11.7. The normalized spacial score (nSPS) is 42.8. The summed E-state index contributed by atoms with van der Waals surface area (Å²) in [5, 5.41) is 3.69. The minimum Gasteiger partial charge on any atom is -0.381 e. The first-order valence-corrected chi connectivity index (χ1v) is 6.36. The average molecular weight is 211 g/mol. The van der Waals surface area contributed by atoms with Crippen molar-refractivity contribution >= 4 is 0 Å². The summed E-state index contributed by atoms with van der Waals surface area (Å²) >= 11 is 0. The quantitative estimate of drug-likeness (QED) is 0.709. The lowest BCUT2D eigenvalue weighted by Crippen LogP contribution is -2.59. The Morgan fingerprint density at radius 1 is 1.07 bits per heavy atom. The van der Waals surface area contributed by atoms with Crippen molar-refractivity contribution in [2.24, 2.45) is 5.92 Å². The highest BCUT2D eigenvalue weighted by atomic mass is 16.5. The van der Waals surface area contributed by atoms with Crippen LogP contribution in [-0.2, 0) is 9.47 Å². The minimum absolute atomic E-state index is 0.107. The maximum atomic E-state index is 6.16. The topological polar surface area (TPSA) is 30.5 Å². The summed E-state index contributed by atoms with van der Waals surface area (Å²) in [6.07, 6.45) is 6.21. The van der Waals surface area contributed by atoms with Gasteiger partial charge in [0.1, 0.15) is 0 Å². The molecule has 3 aliphatic rings. The highest BCUT2D eigenvalue weighted by Gasteiger charge is 2.48. The van der Waals surface area contributed by atoms with Crippen LogP contribution < -0.4 is 5.32 Å². The molecule has 2 saturated heterocycles. The van der Waals surface area contributed by atoms with E-state index < -0.39 is 0 Å². The molecular formula is C12H21NO2. The smallest absolute Gasteiger partial charge is 0.0860 e. The van der Waals surface area contributed by atoms with Gasteiger partial charge in [0.05, 0.1) is 12.2 Å². The second-order valence-electron chi connectivity index (χ2n) is 5.15. The number of hydrogen-bond donors (Lipinski definition) is 1. The van der Waals surface area contributed by atoms with E-state index in [0.29, 0.717) is 6.04 Å². The second kappa shape index (κ2) is 4.04. The van der Waals surface area contributed by atoms with Gasteiger partial charge in [0.15, 0.2) is 0 Å². The Labute approximate surface area is 91.5 Å². The average Bonchev–Trinajstić information content (AvgIpc) is 3.07. The fourth-order valence-electron chi connectivity index (χ4n) is 3.17. The summed E-state index contributed by atoms with van der Waals surface area (Å²) in [7, 11) is 0. The van der Waals surface area contributed by atoms with Gasteiger partial charge in [-0.1, -0.05) is 0 Å². The number of rotatable bonds is 1. The van der Waals surface area contributed by atoms with E-state index in [1.54, 1.807) is 0 Å². The van der Waals surface area contributed by atoms with Gasteiger partial charge in [-0.15, -0.1) is 0 Å². The third-order valence-corrected chi connectivity index (χ3v) is 4.07. The minimum atomic E-state index is 0.107. The Balaban J connectivity index is 1.77. The molecule has 3 fully saturated rings. The Morgan fingerprint density at radius 3 is 2.87 bits per heavy atom. The second-order valence-corrected chi connectivity index (χ2v) is 5.15. The fraction of sp³-hybridized carbons (Fsp3) is 1.00. The lowest BCUT2D eigenvalue weighted by Gasteiger charge is -2.44. The van der Waals surface area contributed by atoms with E-state index in [4.69, 9.17) is 9.47 Å². The molecule has 1 spiro atoms. The number of hydrogen-bond acceptors (Lipinski definition) is 3. The van der Waals surface area contributed by atoms with E-state index in [9.17, 15) is 0 Å². The molecule has 0 amide bonds. The van der Waals surface area contributed by atoms with Gasteiger partial charge in [-0.05, 0) is 31.6 Å². The van der Waals surface area contributed by atoms with Gasteiger partial charge in [-0.25, -0.2) is 0 Å². The molecule has 3 rings (SSSR count). The first kappa shape index (κ1) is 10.1. The summed E-state index contributed by atoms with van der Waals surface area (Å²) in [5.41, 5.74) is 0.107. The Hall–Kier alpha value is -0.120. The van der Waals surface area contributed by atoms with Crippen LogP contribution in [0.2, 0.25) is 0 Å². The maximum absolute atomic E-state index is 6.16. The van der Waals surface area contributed by atoms with Crippen molar-refractivity contribution in [3.05, 3.63) is 0 Å². The molecule has 2 atom stereocenters. The third-order valence-electron chi connectivity index (χ3n) is 4.07. The predicted octanol–water partition coefficient (Wildman–Crippen LogP) is 1.32. The van der Waals surface area contributed by atoms with Crippen molar-refractivity contribution in [1.82, 2.24) is 5.32 Å². The molecule has 86 valence electrons. The lowest BCUT2D eigenvalue weighted by molar-refractivity contribution is -0.112. The molecule has 0 bridgehead atoms. The van der Waals surface area contributed by atoms with Crippen LogP contribution in [0.5, 0.6) is 0 Å². The lowest BCUT2D eigenvalue weighted by atomic mass is 9.82. The van der Waals surface area contributed by atoms with E-state index in [-0.39, 0.29) is 5.60 Å². The zero-order valence-corrected chi connectivity index (χ0v) is 9.34.